The van der Waals surface area contributed by atoms with E-state index in [2.05, 4.69) is 49.8 Å². The number of hydrogen-bond acceptors (Lipinski definition) is 2. The van der Waals surface area contributed by atoms with Crippen molar-refractivity contribution in [2.45, 2.75) is 6.92 Å². The zero-order chi connectivity index (χ0) is 11.1. The van der Waals surface area contributed by atoms with Gasteiger partial charge in [0.15, 0.2) is 5.82 Å². The maximum atomic E-state index is 4.58. The number of imidazole rings is 1. The number of pyridine rings is 1. The summed E-state index contributed by atoms with van der Waals surface area (Å²) in [5.41, 5.74) is 2.37. The Morgan fingerprint density at radius 2 is 2.19 bits per heavy atom. The van der Waals surface area contributed by atoms with Crippen LogP contribution >= 0.6 is 27.3 Å². The van der Waals surface area contributed by atoms with Gasteiger partial charge in [-0.1, -0.05) is 6.07 Å². The zero-order valence-electron chi connectivity index (χ0n) is 8.64. The van der Waals surface area contributed by atoms with Gasteiger partial charge in [0.05, 0.1) is 10.4 Å². The van der Waals surface area contributed by atoms with Crippen LogP contribution in [-0.2, 0) is 0 Å². The van der Waals surface area contributed by atoms with Crippen molar-refractivity contribution in [2.75, 3.05) is 0 Å². The molecule has 0 N–H and O–H groups in total. The molecular formula is C12H9BrN2S. The Kier molecular flexibility index (Phi) is 2.33. The lowest BCUT2D eigenvalue weighted by molar-refractivity contribution is 1.17. The van der Waals surface area contributed by atoms with Gasteiger partial charge in [-0.25, -0.2) is 4.98 Å². The molecule has 0 aliphatic heterocycles. The number of aryl methyl sites for hydroxylation is 1. The molecule has 0 fully saturated rings. The summed E-state index contributed by atoms with van der Waals surface area (Å²) in [7, 11) is 0. The van der Waals surface area contributed by atoms with Crippen molar-refractivity contribution in [3.8, 4) is 10.7 Å². The van der Waals surface area contributed by atoms with E-state index in [1.54, 1.807) is 11.3 Å². The summed E-state index contributed by atoms with van der Waals surface area (Å²) in [4.78, 5) is 5.81. The largest absolute Gasteiger partial charge is 0.298 e. The summed E-state index contributed by atoms with van der Waals surface area (Å²) < 4.78 is 3.01. The molecule has 0 amide bonds. The van der Waals surface area contributed by atoms with E-state index >= 15 is 0 Å². The lowest BCUT2D eigenvalue weighted by Crippen LogP contribution is -1.87. The van der Waals surface area contributed by atoms with Crippen molar-refractivity contribution >= 4 is 32.8 Å². The summed E-state index contributed by atoms with van der Waals surface area (Å²) in [6.45, 7) is 2.11. The van der Waals surface area contributed by atoms with E-state index in [0.29, 0.717) is 0 Å². The number of halogens is 1. The molecule has 0 spiro atoms. The van der Waals surface area contributed by atoms with Gasteiger partial charge in [0, 0.05) is 6.20 Å². The smallest absolute Gasteiger partial charge is 0.156 e. The van der Waals surface area contributed by atoms with Gasteiger partial charge >= 0.3 is 0 Å². The van der Waals surface area contributed by atoms with E-state index in [4.69, 9.17) is 0 Å². The van der Waals surface area contributed by atoms with Crippen molar-refractivity contribution in [3.63, 3.8) is 0 Å². The predicted molar refractivity (Wildman–Crippen MR) is 70.9 cm³/mol. The maximum Gasteiger partial charge on any atom is 0.156 e. The van der Waals surface area contributed by atoms with Crippen LogP contribution in [0.2, 0.25) is 0 Å². The Morgan fingerprint density at radius 3 is 2.94 bits per heavy atom. The average molecular weight is 293 g/mol. The second-order valence-corrected chi connectivity index (χ2v) is 5.28. The normalized spacial score (nSPS) is 11.1. The fourth-order valence-corrected chi connectivity index (χ4v) is 3.16. The van der Waals surface area contributed by atoms with Crippen molar-refractivity contribution in [2.24, 2.45) is 0 Å². The number of thiophene rings is 1. The first kappa shape index (κ1) is 10.1. The molecule has 0 aliphatic carbocycles. The molecular weight excluding hydrogens is 284 g/mol. The van der Waals surface area contributed by atoms with Crippen molar-refractivity contribution in [1.82, 2.24) is 9.38 Å². The molecule has 3 rings (SSSR count). The first-order valence-corrected chi connectivity index (χ1v) is 6.61. The van der Waals surface area contributed by atoms with Gasteiger partial charge in [0.2, 0.25) is 0 Å². The van der Waals surface area contributed by atoms with Crippen molar-refractivity contribution in [1.29, 1.82) is 0 Å². The molecule has 0 aromatic carbocycles. The van der Waals surface area contributed by atoms with Crippen LogP contribution in [0.1, 0.15) is 5.56 Å². The molecule has 0 radical (unpaired) electrons. The molecule has 3 heterocycles. The van der Waals surface area contributed by atoms with Gasteiger partial charge < -0.3 is 0 Å². The van der Waals surface area contributed by atoms with E-state index in [1.807, 2.05) is 18.3 Å². The molecule has 0 saturated carbocycles. The lowest BCUT2D eigenvalue weighted by Gasteiger charge is -1.99. The first-order valence-electron chi connectivity index (χ1n) is 4.94. The maximum absolute atomic E-state index is 4.58. The third kappa shape index (κ3) is 1.41. The fraction of sp³-hybridized carbons (Fsp3) is 0.0833. The summed E-state index contributed by atoms with van der Waals surface area (Å²) in [5, 5.41) is 2.10. The number of fused-ring (bicyclic) bond motifs is 1. The highest BCUT2D eigenvalue weighted by atomic mass is 79.9. The minimum Gasteiger partial charge on any atom is -0.298 e. The third-order valence-corrected chi connectivity index (χ3v) is 4.16. The van der Waals surface area contributed by atoms with Gasteiger partial charge in [0.25, 0.3) is 0 Å². The molecule has 0 saturated heterocycles. The zero-order valence-corrected chi connectivity index (χ0v) is 11.0. The van der Waals surface area contributed by atoms with Gasteiger partial charge in [-0.3, -0.25) is 4.40 Å². The first-order chi connectivity index (χ1) is 7.77. The van der Waals surface area contributed by atoms with Crippen LogP contribution in [-0.4, -0.2) is 9.38 Å². The molecule has 16 heavy (non-hydrogen) atoms. The van der Waals surface area contributed by atoms with Gasteiger partial charge in [-0.05, 0) is 52.0 Å². The van der Waals surface area contributed by atoms with E-state index in [-0.39, 0.29) is 0 Å². The molecule has 2 nitrogen and oxygen atoms in total. The second kappa shape index (κ2) is 3.71. The summed E-state index contributed by atoms with van der Waals surface area (Å²) >= 11 is 5.23. The van der Waals surface area contributed by atoms with Gasteiger partial charge in [-0.2, -0.15) is 0 Å². The van der Waals surface area contributed by atoms with Crippen LogP contribution < -0.4 is 0 Å². The van der Waals surface area contributed by atoms with Crippen molar-refractivity contribution < 1.29 is 0 Å². The Labute approximate surface area is 106 Å². The average Bonchev–Trinajstić information content (AvgIpc) is 2.84. The molecule has 80 valence electrons. The second-order valence-electron chi connectivity index (χ2n) is 3.61. The number of aromatic nitrogens is 2. The lowest BCUT2D eigenvalue weighted by atomic mass is 10.3. The minimum atomic E-state index is 0.899. The molecule has 0 atom stereocenters. The fourth-order valence-electron chi connectivity index (χ4n) is 1.76. The molecule has 0 aliphatic rings. The topological polar surface area (TPSA) is 17.3 Å². The molecule has 3 aromatic rings. The van der Waals surface area contributed by atoms with E-state index in [0.717, 1.165) is 15.9 Å². The summed E-state index contributed by atoms with van der Waals surface area (Å²) in [6.07, 6.45) is 2.04. The molecule has 3 aromatic heterocycles. The van der Waals surface area contributed by atoms with E-state index in [1.165, 1.54) is 10.4 Å². The SMILES string of the molecule is Cc1ccsc1-c1nc(Br)c2ccccn12. The Bertz CT molecular complexity index is 654. The Balaban J connectivity index is 2.37. The minimum absolute atomic E-state index is 0.899. The third-order valence-electron chi connectivity index (χ3n) is 2.57. The van der Waals surface area contributed by atoms with Crippen LogP contribution in [0.4, 0.5) is 0 Å². The molecule has 4 heteroatoms. The Morgan fingerprint density at radius 1 is 1.31 bits per heavy atom. The van der Waals surface area contributed by atoms with E-state index < -0.39 is 0 Å². The highest BCUT2D eigenvalue weighted by Gasteiger charge is 2.12. The summed E-state index contributed by atoms with van der Waals surface area (Å²) in [5.74, 6) is 1.01. The Hall–Kier alpha value is -1.13. The van der Waals surface area contributed by atoms with Crippen LogP contribution in [0.15, 0.2) is 40.4 Å². The standard InChI is InChI=1S/C12H9BrN2S/c1-8-5-7-16-10(8)12-14-11(13)9-4-2-3-6-15(9)12/h2-7H,1H3. The van der Waals surface area contributed by atoms with Crippen molar-refractivity contribution in [3.05, 3.63) is 46.0 Å². The summed E-state index contributed by atoms with van der Waals surface area (Å²) in [6, 6.07) is 8.22. The van der Waals surface area contributed by atoms with Crippen LogP contribution in [0.5, 0.6) is 0 Å². The van der Waals surface area contributed by atoms with Gasteiger partial charge in [0.1, 0.15) is 4.60 Å². The van der Waals surface area contributed by atoms with Crippen LogP contribution in [0, 0.1) is 6.92 Å². The number of rotatable bonds is 1. The molecule has 0 unspecified atom stereocenters. The predicted octanol–water partition coefficient (Wildman–Crippen LogP) is 4.13. The monoisotopic (exact) mass is 292 g/mol. The highest BCUT2D eigenvalue weighted by molar-refractivity contribution is 9.10. The van der Waals surface area contributed by atoms with Crippen LogP contribution in [0.25, 0.3) is 16.2 Å². The van der Waals surface area contributed by atoms with Crippen LogP contribution in [0.3, 0.4) is 0 Å². The van der Waals surface area contributed by atoms with Gasteiger partial charge in [-0.15, -0.1) is 11.3 Å². The van der Waals surface area contributed by atoms with E-state index in [9.17, 15) is 0 Å². The number of hydrogen-bond donors (Lipinski definition) is 0. The highest BCUT2D eigenvalue weighted by Crippen LogP contribution is 2.31. The number of nitrogens with zero attached hydrogens (tertiary/aromatic N) is 2. The quantitative estimate of drug-likeness (QED) is 0.659. The molecule has 0 bridgehead atoms.